The molecule has 0 amide bonds. The first-order valence-electron chi connectivity index (χ1n) is 6.90. The minimum atomic E-state index is -0.913. The van der Waals surface area contributed by atoms with E-state index in [0.717, 1.165) is 0 Å². The van der Waals surface area contributed by atoms with Crippen LogP contribution in [0.3, 0.4) is 0 Å². The molecule has 4 fully saturated rings. The van der Waals surface area contributed by atoms with Gasteiger partial charge in [-0.25, -0.2) is 9.59 Å². The molecule has 1 N–H and O–H groups in total. The van der Waals surface area contributed by atoms with E-state index in [0.29, 0.717) is 46.7 Å². The zero-order valence-corrected chi connectivity index (χ0v) is 10.4. The number of aliphatic carboxylic acids is 1. The van der Waals surface area contributed by atoms with Crippen molar-refractivity contribution in [1.82, 2.24) is 0 Å². The summed E-state index contributed by atoms with van der Waals surface area (Å²) in [5.41, 5.74) is 0.872. The molecular formula is C15H14O4. The third kappa shape index (κ3) is 0.798. The van der Waals surface area contributed by atoms with Gasteiger partial charge in [0.15, 0.2) is 0 Å². The van der Waals surface area contributed by atoms with E-state index in [1.165, 1.54) is 7.11 Å². The van der Waals surface area contributed by atoms with Gasteiger partial charge in [0.25, 0.3) is 0 Å². The quantitative estimate of drug-likeness (QED) is 0.595. The number of hydrogen-bond acceptors (Lipinski definition) is 3. The lowest BCUT2D eigenvalue weighted by molar-refractivity contribution is -0.139. The molecule has 4 nitrogen and oxygen atoms in total. The Morgan fingerprint density at radius 3 is 2.11 bits per heavy atom. The van der Waals surface area contributed by atoms with Crippen LogP contribution in [0, 0.1) is 47.3 Å². The summed E-state index contributed by atoms with van der Waals surface area (Å²) in [6, 6.07) is 0. The van der Waals surface area contributed by atoms with Gasteiger partial charge >= 0.3 is 11.9 Å². The summed E-state index contributed by atoms with van der Waals surface area (Å²) in [5.74, 6) is 2.08. The summed E-state index contributed by atoms with van der Waals surface area (Å²) in [6.45, 7) is 0. The molecule has 0 aromatic rings. The van der Waals surface area contributed by atoms with Crippen molar-refractivity contribution in [3.63, 3.8) is 0 Å². The predicted octanol–water partition coefficient (Wildman–Crippen LogP) is 1.09. The lowest BCUT2D eigenvalue weighted by Crippen LogP contribution is -2.32. The SMILES string of the molecule is COC(=O)C1=C(C(=O)O)[C@H]2[C@H]3[C@@H]1[C@H]1[C@@H]4C=C[C@H]([C@H]43)[C@@H]21. The van der Waals surface area contributed by atoms with Gasteiger partial charge in [0.2, 0.25) is 0 Å². The maximum Gasteiger partial charge on any atom is 0.334 e. The zero-order chi connectivity index (χ0) is 13.0. The molecule has 0 aromatic heterocycles. The van der Waals surface area contributed by atoms with E-state index in [9.17, 15) is 14.7 Å². The van der Waals surface area contributed by atoms with E-state index in [4.69, 9.17) is 4.74 Å². The van der Waals surface area contributed by atoms with E-state index in [1.807, 2.05) is 0 Å². The molecule has 0 aliphatic heterocycles. The molecule has 6 aliphatic rings. The number of rotatable bonds is 2. The van der Waals surface area contributed by atoms with Crippen LogP contribution in [-0.4, -0.2) is 24.2 Å². The average Bonchev–Trinajstić information content (AvgIpc) is 3.15. The Morgan fingerprint density at radius 2 is 1.58 bits per heavy atom. The van der Waals surface area contributed by atoms with Gasteiger partial charge in [-0.2, -0.15) is 0 Å². The van der Waals surface area contributed by atoms with Crippen LogP contribution < -0.4 is 0 Å². The first kappa shape index (κ1) is 10.2. The van der Waals surface area contributed by atoms with E-state index in [-0.39, 0.29) is 11.8 Å². The second-order valence-corrected chi connectivity index (χ2v) is 6.52. The molecule has 19 heavy (non-hydrogen) atoms. The Labute approximate surface area is 110 Å². The van der Waals surface area contributed by atoms with Crippen LogP contribution in [0.15, 0.2) is 23.3 Å². The monoisotopic (exact) mass is 258 g/mol. The molecule has 98 valence electrons. The molecule has 6 aliphatic carbocycles. The molecule has 0 saturated heterocycles. The molecule has 4 saturated carbocycles. The van der Waals surface area contributed by atoms with Crippen molar-refractivity contribution in [1.29, 1.82) is 0 Å². The summed E-state index contributed by atoms with van der Waals surface area (Å²) >= 11 is 0. The van der Waals surface area contributed by atoms with Gasteiger partial charge in [0.05, 0.1) is 18.3 Å². The number of hydrogen-bond donors (Lipinski definition) is 1. The third-order valence-electron chi connectivity index (χ3n) is 6.47. The van der Waals surface area contributed by atoms with Gasteiger partial charge in [-0.1, -0.05) is 12.2 Å². The Balaban J connectivity index is 1.71. The minimum Gasteiger partial charge on any atom is -0.478 e. The molecule has 0 aromatic carbocycles. The van der Waals surface area contributed by atoms with Crippen LogP contribution in [0.2, 0.25) is 0 Å². The van der Waals surface area contributed by atoms with Gasteiger partial charge < -0.3 is 9.84 Å². The van der Waals surface area contributed by atoms with Crippen LogP contribution in [-0.2, 0) is 14.3 Å². The van der Waals surface area contributed by atoms with Gasteiger partial charge in [0.1, 0.15) is 0 Å². The summed E-state index contributed by atoms with van der Waals surface area (Å²) < 4.78 is 4.84. The highest BCUT2D eigenvalue weighted by atomic mass is 16.5. The largest absolute Gasteiger partial charge is 0.478 e. The van der Waals surface area contributed by atoms with E-state index < -0.39 is 11.9 Å². The van der Waals surface area contributed by atoms with Crippen LogP contribution in [0.5, 0.6) is 0 Å². The number of esters is 1. The fraction of sp³-hybridized carbons (Fsp3) is 0.600. The molecule has 0 unspecified atom stereocenters. The highest BCUT2D eigenvalue weighted by molar-refractivity contribution is 6.02. The number of carbonyl (C=O) groups excluding carboxylic acids is 1. The highest BCUT2D eigenvalue weighted by Crippen LogP contribution is 2.81. The molecule has 8 atom stereocenters. The van der Waals surface area contributed by atoms with Gasteiger partial charge in [-0.15, -0.1) is 0 Å². The number of methoxy groups -OCH3 is 1. The van der Waals surface area contributed by atoms with Gasteiger partial charge in [-0.05, 0) is 47.3 Å². The maximum absolute atomic E-state index is 12.0. The van der Waals surface area contributed by atoms with Crippen LogP contribution >= 0.6 is 0 Å². The topological polar surface area (TPSA) is 63.6 Å². The molecular weight excluding hydrogens is 244 g/mol. The molecule has 6 rings (SSSR count). The number of carboxylic acid groups (broad SMARTS) is 1. The van der Waals surface area contributed by atoms with Crippen molar-refractivity contribution in [3.8, 4) is 0 Å². The minimum absolute atomic E-state index is 0.109. The normalized spacial score (nSPS) is 53.7. The van der Waals surface area contributed by atoms with Gasteiger partial charge in [0, 0.05) is 0 Å². The average molecular weight is 258 g/mol. The second kappa shape index (κ2) is 2.79. The number of carboxylic acids is 1. The Morgan fingerprint density at radius 1 is 1.00 bits per heavy atom. The lowest BCUT2D eigenvalue weighted by Gasteiger charge is -2.32. The van der Waals surface area contributed by atoms with Gasteiger partial charge in [-0.3, -0.25) is 0 Å². The van der Waals surface area contributed by atoms with Crippen molar-refractivity contribution >= 4 is 11.9 Å². The molecule has 0 spiro atoms. The fourth-order valence-corrected chi connectivity index (χ4v) is 6.48. The summed E-state index contributed by atoms with van der Waals surface area (Å²) in [6.07, 6.45) is 4.60. The van der Waals surface area contributed by atoms with Crippen molar-refractivity contribution in [2.75, 3.05) is 7.11 Å². The van der Waals surface area contributed by atoms with E-state index >= 15 is 0 Å². The van der Waals surface area contributed by atoms with Crippen molar-refractivity contribution in [2.24, 2.45) is 47.3 Å². The first-order valence-corrected chi connectivity index (χ1v) is 6.90. The summed E-state index contributed by atoms with van der Waals surface area (Å²) in [7, 11) is 1.34. The summed E-state index contributed by atoms with van der Waals surface area (Å²) in [5, 5.41) is 9.50. The van der Waals surface area contributed by atoms with E-state index in [1.54, 1.807) is 0 Å². The molecule has 4 heteroatoms. The number of ether oxygens (including phenoxy) is 1. The van der Waals surface area contributed by atoms with Crippen molar-refractivity contribution in [3.05, 3.63) is 23.3 Å². The number of carbonyl (C=O) groups is 2. The van der Waals surface area contributed by atoms with Crippen molar-refractivity contribution in [2.45, 2.75) is 0 Å². The number of allylic oxidation sites excluding steroid dienone is 2. The van der Waals surface area contributed by atoms with E-state index in [2.05, 4.69) is 12.2 Å². The van der Waals surface area contributed by atoms with Crippen LogP contribution in [0.4, 0.5) is 0 Å². The van der Waals surface area contributed by atoms with Crippen LogP contribution in [0.1, 0.15) is 0 Å². The van der Waals surface area contributed by atoms with Crippen LogP contribution in [0.25, 0.3) is 0 Å². The fourth-order valence-electron chi connectivity index (χ4n) is 6.48. The predicted molar refractivity (Wildman–Crippen MR) is 63.7 cm³/mol. The lowest BCUT2D eigenvalue weighted by atomic mass is 9.71. The first-order chi connectivity index (χ1) is 9.16. The Bertz CT molecular complexity index is 601. The standard InChI is InChI=1S/C15H14O4/c1-19-15(18)13-11-8-5-3-2-4-6(5)9(11)10(7(4)8)12(13)14(16)17/h2-11H,1H3,(H,16,17)/t4-,5-,6-,7-,8+,9+,10-,11+/m1/s1. The maximum atomic E-state index is 12.0. The molecule has 8 bridgehead atoms. The third-order valence-corrected chi connectivity index (χ3v) is 6.47. The smallest absolute Gasteiger partial charge is 0.334 e. The second-order valence-electron chi connectivity index (χ2n) is 6.52. The van der Waals surface area contributed by atoms with Crippen molar-refractivity contribution < 1.29 is 19.4 Å². The summed E-state index contributed by atoms with van der Waals surface area (Å²) in [4.78, 5) is 23.6. The molecule has 0 heterocycles. The molecule has 0 radical (unpaired) electrons. The highest BCUT2D eigenvalue weighted by Gasteiger charge is 2.79. The Hall–Kier alpha value is -1.58. The Kier molecular flexibility index (Phi) is 1.50. The zero-order valence-electron chi connectivity index (χ0n) is 10.4.